The number of rotatable bonds is 6. The standard InChI is InChI=1S/C22H23Cl2N3O3S/c1-15-4-2-5-16(12-15)25-19(28)13-31-14-20(29)26-8-10-27(11-9-26)22(30)17-6-3-7-18(23)21(17)24/h2-7,12H,8-11,13-14H2,1H3,(H,25,28). The zero-order valence-electron chi connectivity index (χ0n) is 17.1. The number of thioether (sulfide) groups is 1. The van der Waals surface area contributed by atoms with Gasteiger partial charge in [0.1, 0.15) is 0 Å². The maximum Gasteiger partial charge on any atom is 0.255 e. The number of halogens is 2. The Kier molecular flexibility index (Phi) is 8.23. The molecule has 164 valence electrons. The fourth-order valence-electron chi connectivity index (χ4n) is 3.24. The minimum atomic E-state index is -0.193. The second kappa shape index (κ2) is 10.9. The summed E-state index contributed by atoms with van der Waals surface area (Å²) in [4.78, 5) is 40.6. The third kappa shape index (κ3) is 6.38. The third-order valence-corrected chi connectivity index (χ3v) is 6.60. The number of aryl methyl sites for hydroxylation is 1. The quantitative estimate of drug-likeness (QED) is 0.680. The highest BCUT2D eigenvalue weighted by atomic mass is 35.5. The van der Waals surface area contributed by atoms with Crippen molar-refractivity contribution in [3.05, 3.63) is 63.6 Å². The highest BCUT2D eigenvalue weighted by Gasteiger charge is 2.26. The first-order chi connectivity index (χ1) is 14.8. The largest absolute Gasteiger partial charge is 0.338 e. The molecule has 0 aromatic heterocycles. The molecule has 0 saturated carbocycles. The van der Waals surface area contributed by atoms with Crippen molar-refractivity contribution in [2.24, 2.45) is 0 Å². The van der Waals surface area contributed by atoms with Gasteiger partial charge in [0.2, 0.25) is 11.8 Å². The van der Waals surface area contributed by atoms with Crippen LogP contribution in [0.3, 0.4) is 0 Å². The molecule has 3 rings (SSSR count). The van der Waals surface area contributed by atoms with Crippen molar-refractivity contribution < 1.29 is 14.4 Å². The van der Waals surface area contributed by atoms with Gasteiger partial charge in [-0.15, -0.1) is 11.8 Å². The van der Waals surface area contributed by atoms with E-state index in [0.717, 1.165) is 11.3 Å². The number of hydrogen-bond acceptors (Lipinski definition) is 4. The normalized spacial score (nSPS) is 13.8. The Hall–Kier alpha value is -2.22. The predicted molar refractivity (Wildman–Crippen MR) is 126 cm³/mol. The zero-order chi connectivity index (χ0) is 22.4. The molecule has 0 unspecified atom stereocenters. The summed E-state index contributed by atoms with van der Waals surface area (Å²) in [5.41, 5.74) is 2.18. The Labute approximate surface area is 195 Å². The Morgan fingerprint density at radius 3 is 2.35 bits per heavy atom. The van der Waals surface area contributed by atoms with Crippen LogP contribution in [0.2, 0.25) is 10.0 Å². The third-order valence-electron chi connectivity index (χ3n) is 4.86. The summed E-state index contributed by atoms with van der Waals surface area (Å²) in [7, 11) is 0. The van der Waals surface area contributed by atoms with Crippen LogP contribution < -0.4 is 5.32 Å². The average Bonchev–Trinajstić information content (AvgIpc) is 2.75. The maximum absolute atomic E-state index is 12.7. The van der Waals surface area contributed by atoms with Crippen LogP contribution in [0.15, 0.2) is 42.5 Å². The Bertz CT molecular complexity index is 978. The van der Waals surface area contributed by atoms with E-state index >= 15 is 0 Å². The molecule has 2 aromatic carbocycles. The summed E-state index contributed by atoms with van der Waals surface area (Å²) in [5.74, 6) is 0.0426. The van der Waals surface area contributed by atoms with E-state index in [-0.39, 0.29) is 34.2 Å². The molecule has 0 radical (unpaired) electrons. The van der Waals surface area contributed by atoms with Gasteiger partial charge in [-0.1, -0.05) is 41.4 Å². The molecule has 0 bridgehead atoms. The first kappa shape index (κ1) is 23.4. The Balaban J connectivity index is 1.41. The van der Waals surface area contributed by atoms with Crippen molar-refractivity contribution in [1.29, 1.82) is 0 Å². The van der Waals surface area contributed by atoms with Crippen LogP contribution in [0.4, 0.5) is 5.69 Å². The molecular formula is C22H23Cl2N3O3S. The number of anilines is 1. The second-order valence-electron chi connectivity index (χ2n) is 7.18. The van der Waals surface area contributed by atoms with E-state index in [1.807, 2.05) is 31.2 Å². The number of carbonyl (C=O) groups excluding carboxylic acids is 3. The van der Waals surface area contributed by atoms with E-state index in [2.05, 4.69) is 5.32 Å². The van der Waals surface area contributed by atoms with E-state index in [4.69, 9.17) is 23.2 Å². The summed E-state index contributed by atoms with van der Waals surface area (Å²) in [5, 5.41) is 3.41. The number of nitrogens with zero attached hydrogens (tertiary/aromatic N) is 2. The summed E-state index contributed by atoms with van der Waals surface area (Å²) < 4.78 is 0. The Morgan fingerprint density at radius 1 is 0.968 bits per heavy atom. The first-order valence-electron chi connectivity index (χ1n) is 9.80. The molecule has 1 fully saturated rings. The fraction of sp³-hybridized carbons (Fsp3) is 0.318. The summed E-state index contributed by atoms with van der Waals surface area (Å²) in [6, 6.07) is 12.5. The molecule has 6 nitrogen and oxygen atoms in total. The van der Waals surface area contributed by atoms with Gasteiger partial charge >= 0.3 is 0 Å². The van der Waals surface area contributed by atoms with Gasteiger partial charge in [0.15, 0.2) is 0 Å². The number of amides is 3. The smallest absolute Gasteiger partial charge is 0.255 e. The van der Waals surface area contributed by atoms with Gasteiger partial charge in [-0.25, -0.2) is 0 Å². The predicted octanol–water partition coefficient (Wildman–Crippen LogP) is 3.96. The average molecular weight is 480 g/mol. The van der Waals surface area contributed by atoms with Gasteiger partial charge in [-0.05, 0) is 36.8 Å². The van der Waals surface area contributed by atoms with Crippen molar-refractivity contribution in [2.45, 2.75) is 6.92 Å². The van der Waals surface area contributed by atoms with Crippen LogP contribution in [-0.4, -0.2) is 65.2 Å². The van der Waals surface area contributed by atoms with Gasteiger partial charge in [0.25, 0.3) is 5.91 Å². The maximum atomic E-state index is 12.7. The Morgan fingerprint density at radius 2 is 1.65 bits per heavy atom. The van der Waals surface area contributed by atoms with Crippen LogP contribution in [0, 0.1) is 6.92 Å². The molecule has 0 atom stereocenters. The van der Waals surface area contributed by atoms with Gasteiger partial charge in [-0.3, -0.25) is 14.4 Å². The second-order valence-corrected chi connectivity index (χ2v) is 8.96. The molecule has 3 amide bonds. The highest BCUT2D eigenvalue weighted by Crippen LogP contribution is 2.26. The topological polar surface area (TPSA) is 69.7 Å². The lowest BCUT2D eigenvalue weighted by Gasteiger charge is -2.35. The number of carbonyl (C=O) groups is 3. The molecule has 1 N–H and O–H groups in total. The lowest BCUT2D eigenvalue weighted by molar-refractivity contribution is -0.129. The SMILES string of the molecule is Cc1cccc(NC(=O)CSCC(=O)N2CCN(C(=O)c3cccc(Cl)c3Cl)CC2)c1. The monoisotopic (exact) mass is 479 g/mol. The number of hydrogen-bond donors (Lipinski definition) is 1. The molecular weight excluding hydrogens is 457 g/mol. The van der Waals surface area contributed by atoms with Crippen LogP contribution in [-0.2, 0) is 9.59 Å². The lowest BCUT2D eigenvalue weighted by Crippen LogP contribution is -2.51. The van der Waals surface area contributed by atoms with Gasteiger partial charge in [0, 0.05) is 31.9 Å². The molecule has 2 aromatic rings. The summed E-state index contributed by atoms with van der Waals surface area (Å²) in [6.45, 7) is 3.69. The van der Waals surface area contributed by atoms with E-state index in [1.54, 1.807) is 28.0 Å². The summed E-state index contributed by atoms with van der Waals surface area (Å²) in [6.07, 6.45) is 0. The molecule has 31 heavy (non-hydrogen) atoms. The molecule has 0 spiro atoms. The fourth-order valence-corrected chi connectivity index (χ4v) is 4.34. The molecule has 1 aliphatic rings. The molecule has 1 saturated heterocycles. The number of benzene rings is 2. The van der Waals surface area contributed by atoms with Crippen molar-refractivity contribution in [3.63, 3.8) is 0 Å². The number of nitrogens with one attached hydrogen (secondary N) is 1. The van der Waals surface area contributed by atoms with Crippen LogP contribution in [0.25, 0.3) is 0 Å². The minimum absolute atomic E-state index is 0.0405. The van der Waals surface area contributed by atoms with Crippen molar-refractivity contribution in [1.82, 2.24) is 9.80 Å². The van der Waals surface area contributed by atoms with Crippen LogP contribution >= 0.6 is 35.0 Å². The van der Waals surface area contributed by atoms with Crippen LogP contribution in [0.5, 0.6) is 0 Å². The minimum Gasteiger partial charge on any atom is -0.338 e. The number of piperazine rings is 1. The van der Waals surface area contributed by atoms with Crippen LogP contribution in [0.1, 0.15) is 15.9 Å². The zero-order valence-corrected chi connectivity index (χ0v) is 19.4. The molecule has 1 heterocycles. The lowest BCUT2D eigenvalue weighted by atomic mass is 10.1. The van der Waals surface area contributed by atoms with Crippen molar-refractivity contribution >= 4 is 58.4 Å². The van der Waals surface area contributed by atoms with Gasteiger partial charge in [0.05, 0.1) is 27.1 Å². The molecule has 0 aliphatic carbocycles. The van der Waals surface area contributed by atoms with Crippen molar-refractivity contribution in [3.8, 4) is 0 Å². The van der Waals surface area contributed by atoms with E-state index in [1.165, 1.54) is 11.8 Å². The van der Waals surface area contributed by atoms with E-state index < -0.39 is 0 Å². The first-order valence-corrected chi connectivity index (χ1v) is 11.7. The molecule has 9 heteroatoms. The van der Waals surface area contributed by atoms with Crippen molar-refractivity contribution in [2.75, 3.05) is 43.0 Å². The molecule has 1 aliphatic heterocycles. The van der Waals surface area contributed by atoms with E-state index in [0.29, 0.717) is 36.8 Å². The van der Waals surface area contributed by atoms with Gasteiger partial charge in [-0.2, -0.15) is 0 Å². The van der Waals surface area contributed by atoms with Gasteiger partial charge < -0.3 is 15.1 Å². The highest BCUT2D eigenvalue weighted by molar-refractivity contribution is 8.00. The van der Waals surface area contributed by atoms with E-state index in [9.17, 15) is 14.4 Å². The summed E-state index contributed by atoms with van der Waals surface area (Å²) >= 11 is 13.4.